The highest BCUT2D eigenvalue weighted by molar-refractivity contribution is 7.91. The maximum absolute atomic E-state index is 13.2. The van der Waals surface area contributed by atoms with Gasteiger partial charge in [0.25, 0.3) is 0 Å². The first kappa shape index (κ1) is 28.5. The number of amides is 1. The van der Waals surface area contributed by atoms with Gasteiger partial charge in [0.1, 0.15) is 5.75 Å². The van der Waals surface area contributed by atoms with E-state index in [9.17, 15) is 23.4 Å². The van der Waals surface area contributed by atoms with E-state index in [1.807, 2.05) is 20.8 Å². The number of primary amides is 1. The summed E-state index contributed by atoms with van der Waals surface area (Å²) < 4.78 is 31.4. The van der Waals surface area contributed by atoms with Gasteiger partial charge in [-0.1, -0.05) is 62.7 Å². The van der Waals surface area contributed by atoms with E-state index in [1.165, 1.54) is 36.4 Å². The number of hydrogen-bond donors (Lipinski definition) is 3. The van der Waals surface area contributed by atoms with Crippen molar-refractivity contribution in [3.8, 4) is 5.75 Å². The third-order valence-electron chi connectivity index (χ3n) is 6.83. The van der Waals surface area contributed by atoms with E-state index in [1.54, 1.807) is 36.4 Å². The Morgan fingerprint density at radius 1 is 1.00 bits per heavy atom. The van der Waals surface area contributed by atoms with Gasteiger partial charge in [-0.15, -0.1) is 0 Å². The summed E-state index contributed by atoms with van der Waals surface area (Å²) in [4.78, 5) is 11.4. The Bertz CT molecular complexity index is 1350. The first-order valence-electron chi connectivity index (χ1n) is 11.8. The second kappa shape index (κ2) is 11.1. The van der Waals surface area contributed by atoms with Gasteiger partial charge in [0.2, 0.25) is 9.84 Å². The van der Waals surface area contributed by atoms with Crippen molar-refractivity contribution in [2.45, 2.75) is 54.9 Å². The van der Waals surface area contributed by atoms with E-state index in [0.717, 1.165) is 5.56 Å². The third kappa shape index (κ3) is 6.44. The second-order valence-electron chi connectivity index (χ2n) is 10.0. The lowest BCUT2D eigenvalue weighted by atomic mass is 9.58. The Kier molecular flexibility index (Phi) is 8.57. The van der Waals surface area contributed by atoms with Crippen LogP contribution in [0.3, 0.4) is 0 Å². The number of carbonyl (C=O) groups excluding carboxylic acids is 1. The molecule has 198 valence electrons. The van der Waals surface area contributed by atoms with E-state index >= 15 is 0 Å². The summed E-state index contributed by atoms with van der Waals surface area (Å²) in [7, 11) is -3.87. The van der Waals surface area contributed by atoms with Gasteiger partial charge in [0.05, 0.1) is 22.5 Å². The van der Waals surface area contributed by atoms with Crippen LogP contribution in [0.4, 0.5) is 4.79 Å². The Morgan fingerprint density at radius 2 is 1.65 bits per heavy atom. The van der Waals surface area contributed by atoms with Crippen molar-refractivity contribution in [3.05, 3.63) is 88.9 Å². The van der Waals surface area contributed by atoms with E-state index in [0.29, 0.717) is 17.0 Å². The highest BCUT2D eigenvalue weighted by Crippen LogP contribution is 2.50. The number of aliphatic hydroxyl groups is 1. The number of nitrogens with two attached hydrogens (primary N) is 1. The first-order valence-corrected chi connectivity index (χ1v) is 13.6. The number of sulfone groups is 1. The lowest BCUT2D eigenvalue weighted by Gasteiger charge is -2.47. The minimum Gasteiger partial charge on any atom is -0.508 e. The lowest BCUT2D eigenvalue weighted by molar-refractivity contribution is 0.0508. The number of hydrogen-bond acceptors (Lipinski definition) is 6. The summed E-state index contributed by atoms with van der Waals surface area (Å²) in [6, 6.07) is 18.9. The number of benzene rings is 3. The van der Waals surface area contributed by atoms with E-state index in [4.69, 9.17) is 22.1 Å². The zero-order valence-corrected chi connectivity index (χ0v) is 22.6. The van der Waals surface area contributed by atoms with Gasteiger partial charge >= 0.3 is 6.09 Å². The molecule has 37 heavy (non-hydrogen) atoms. The van der Waals surface area contributed by atoms with Gasteiger partial charge in [-0.05, 0) is 71.8 Å². The molecule has 0 aliphatic carbocycles. The molecule has 3 rings (SSSR count). The molecular formula is C28H32ClNO6S. The highest BCUT2D eigenvalue weighted by atomic mass is 35.5. The normalized spacial score (nSPS) is 14.5. The fourth-order valence-corrected chi connectivity index (χ4v) is 6.20. The third-order valence-corrected chi connectivity index (χ3v) is 8.83. The quantitative estimate of drug-likeness (QED) is 0.313. The van der Waals surface area contributed by atoms with Gasteiger partial charge in [0, 0.05) is 10.4 Å². The van der Waals surface area contributed by atoms with Gasteiger partial charge in [-0.2, -0.15) is 0 Å². The molecule has 0 aromatic heterocycles. The number of halogens is 1. The average molecular weight is 546 g/mol. The molecule has 3 aromatic rings. The smallest absolute Gasteiger partial charge is 0.404 e. The van der Waals surface area contributed by atoms with Crippen molar-refractivity contribution in [2.75, 3.05) is 6.61 Å². The summed E-state index contributed by atoms with van der Waals surface area (Å²) in [5, 5.41) is 21.5. The number of phenols is 1. The van der Waals surface area contributed by atoms with Crippen LogP contribution in [0.15, 0.2) is 82.6 Å². The number of rotatable bonds is 9. The van der Waals surface area contributed by atoms with Crippen molar-refractivity contribution in [2.24, 2.45) is 11.1 Å². The molecule has 9 heteroatoms. The Labute approximate surface area is 222 Å². The molecule has 0 saturated heterocycles. The van der Waals surface area contributed by atoms with E-state index in [2.05, 4.69) is 0 Å². The van der Waals surface area contributed by atoms with Crippen molar-refractivity contribution in [1.29, 1.82) is 0 Å². The van der Waals surface area contributed by atoms with Crippen molar-refractivity contribution < 1.29 is 28.2 Å². The van der Waals surface area contributed by atoms with Crippen LogP contribution in [-0.2, 0) is 20.0 Å². The first-order chi connectivity index (χ1) is 17.3. The topological polar surface area (TPSA) is 127 Å². The molecule has 0 aliphatic heterocycles. The molecule has 0 fully saturated rings. The zero-order chi connectivity index (χ0) is 27.4. The Hall–Kier alpha value is -3.07. The summed E-state index contributed by atoms with van der Waals surface area (Å²) >= 11 is 6.15. The summed E-state index contributed by atoms with van der Waals surface area (Å²) in [6.45, 7) is 6.05. The van der Waals surface area contributed by atoms with Gasteiger partial charge < -0.3 is 20.7 Å². The monoisotopic (exact) mass is 545 g/mol. The highest BCUT2D eigenvalue weighted by Gasteiger charge is 2.45. The summed E-state index contributed by atoms with van der Waals surface area (Å²) in [5.41, 5.74) is 5.40. The predicted octanol–water partition coefficient (Wildman–Crippen LogP) is 5.77. The number of carbonyl (C=O) groups is 1. The Balaban J connectivity index is 2.07. The number of aliphatic hydroxyl groups excluding tert-OH is 1. The lowest BCUT2D eigenvalue weighted by Crippen LogP contribution is -2.43. The van der Waals surface area contributed by atoms with Gasteiger partial charge in [0.15, 0.2) is 0 Å². The van der Waals surface area contributed by atoms with Crippen LogP contribution in [-0.4, -0.2) is 31.3 Å². The molecule has 1 amide bonds. The fraction of sp³-hybridized carbons (Fsp3) is 0.321. The van der Waals surface area contributed by atoms with Crippen LogP contribution in [0.25, 0.3) is 0 Å². The maximum atomic E-state index is 13.2. The fourth-order valence-electron chi connectivity index (χ4n) is 4.71. The van der Waals surface area contributed by atoms with E-state index < -0.39 is 32.9 Å². The molecule has 0 saturated carbocycles. The van der Waals surface area contributed by atoms with Crippen molar-refractivity contribution >= 4 is 27.5 Å². The Morgan fingerprint density at radius 3 is 2.22 bits per heavy atom. The van der Waals surface area contributed by atoms with Crippen molar-refractivity contribution in [1.82, 2.24) is 0 Å². The number of aromatic hydroxyl groups is 1. The summed E-state index contributed by atoms with van der Waals surface area (Å²) in [6.07, 6.45) is -1.22. The molecular weight excluding hydrogens is 514 g/mol. The average Bonchev–Trinajstić information content (AvgIpc) is 2.82. The molecule has 0 radical (unpaired) electrons. The molecule has 1 unspecified atom stereocenters. The second-order valence-corrected chi connectivity index (χ2v) is 12.4. The number of phenolic OH excluding ortho intramolecular Hbond substituents is 1. The SMILES string of the molecule is CC(C)(C)C(CCOC(N)=O)(C[C@@H](O)c1cccc(Cl)c1)c1ccc(S(=O)(=O)c2cccc(O)c2)cc1. The van der Waals surface area contributed by atoms with E-state index in [-0.39, 0.29) is 28.6 Å². The molecule has 3 aromatic carbocycles. The summed E-state index contributed by atoms with van der Waals surface area (Å²) in [5.74, 6) is -0.145. The standard InChI is InChI=1S/C28H32ClNO6S/c1-27(2,3)28(14-15-36-26(30)33,18-25(32)19-6-4-7-21(29)16-19)20-10-12-23(13-11-20)37(34,35)24-9-5-8-22(31)17-24/h4-13,16-17,25,31-32H,14-15,18H2,1-3H3,(H2,30,33)/t25-,28?/m1/s1. The molecule has 7 nitrogen and oxygen atoms in total. The van der Waals surface area contributed by atoms with Gasteiger partial charge in [-0.3, -0.25) is 0 Å². The molecule has 0 spiro atoms. The van der Waals surface area contributed by atoms with Crippen LogP contribution in [0, 0.1) is 5.41 Å². The number of ether oxygens (including phenoxy) is 1. The molecule has 0 heterocycles. The maximum Gasteiger partial charge on any atom is 0.404 e. The largest absolute Gasteiger partial charge is 0.508 e. The molecule has 0 aliphatic rings. The molecule has 2 atom stereocenters. The van der Waals surface area contributed by atoms with Crippen LogP contribution in [0.5, 0.6) is 5.75 Å². The van der Waals surface area contributed by atoms with Gasteiger partial charge in [-0.25, -0.2) is 13.2 Å². The van der Waals surface area contributed by atoms with Crippen LogP contribution >= 0.6 is 11.6 Å². The zero-order valence-electron chi connectivity index (χ0n) is 21.0. The van der Waals surface area contributed by atoms with Crippen molar-refractivity contribution in [3.63, 3.8) is 0 Å². The predicted molar refractivity (Wildman–Crippen MR) is 142 cm³/mol. The van der Waals surface area contributed by atoms with Crippen LogP contribution in [0.1, 0.15) is 50.8 Å². The molecule has 0 bridgehead atoms. The molecule has 4 N–H and O–H groups in total. The minimum atomic E-state index is -3.87. The van der Waals surface area contributed by atoms with Crippen LogP contribution < -0.4 is 5.73 Å². The minimum absolute atomic E-state index is 0.0121. The van der Waals surface area contributed by atoms with Crippen LogP contribution in [0.2, 0.25) is 5.02 Å².